The van der Waals surface area contributed by atoms with Crippen LogP contribution in [-0.2, 0) is 34.0 Å². The van der Waals surface area contributed by atoms with Gasteiger partial charge in [-0.1, -0.05) is 35.5 Å². The average molecular weight is 1170 g/mol. The van der Waals surface area contributed by atoms with E-state index in [-0.39, 0.29) is 36.3 Å². The summed E-state index contributed by atoms with van der Waals surface area (Å²) in [5.41, 5.74) is -2.86. The minimum absolute atomic E-state index is 0.203. The zero-order chi connectivity index (χ0) is 61.3. The van der Waals surface area contributed by atoms with Gasteiger partial charge in [-0.2, -0.15) is 0 Å². The number of carbonyl (C=O) groups excluding carboxylic acids is 6. The van der Waals surface area contributed by atoms with Gasteiger partial charge in [-0.15, -0.1) is 0 Å². The molecular formula is C60H45N15O12. The first-order chi connectivity index (χ1) is 42.0. The first-order valence-corrected chi connectivity index (χ1v) is 25.8. The van der Waals surface area contributed by atoms with E-state index < -0.39 is 52.4 Å². The lowest BCUT2D eigenvalue weighted by Crippen LogP contribution is -2.50. The molecule has 0 aliphatic carbocycles. The summed E-state index contributed by atoms with van der Waals surface area (Å²) in [6.45, 7) is -0.626. The van der Waals surface area contributed by atoms with Crippen molar-refractivity contribution in [3.63, 3.8) is 0 Å². The third-order valence-electron chi connectivity index (χ3n) is 13.4. The van der Waals surface area contributed by atoms with E-state index in [1.807, 2.05) is 0 Å². The minimum Gasteiger partial charge on any atom is -0.497 e. The largest absolute Gasteiger partial charge is 0.497 e. The number of aromatic nitrogens is 9. The van der Waals surface area contributed by atoms with Crippen molar-refractivity contribution in [3.05, 3.63) is 195 Å². The van der Waals surface area contributed by atoms with Crippen molar-refractivity contribution in [2.45, 2.75) is 36.3 Å². The Kier molecular flexibility index (Phi) is 16.2. The van der Waals surface area contributed by atoms with Gasteiger partial charge in [0.1, 0.15) is 17.2 Å². The predicted octanol–water partition coefficient (Wildman–Crippen LogP) is 1.29. The van der Waals surface area contributed by atoms with Crippen molar-refractivity contribution in [3.8, 4) is 52.8 Å². The highest BCUT2D eigenvalue weighted by Gasteiger charge is 2.48. The molecule has 6 aromatic heterocycles. The van der Waals surface area contributed by atoms with Gasteiger partial charge in [-0.3, -0.25) is 73.4 Å². The summed E-state index contributed by atoms with van der Waals surface area (Å²) in [5.74, 6) is 16.5. The summed E-state index contributed by atoms with van der Waals surface area (Å²) in [7, 11) is 4.52. The maximum Gasteiger partial charge on any atom is 0.323 e. The number of nitrogens with one attached hydrogen (secondary N) is 6. The predicted molar refractivity (Wildman–Crippen MR) is 309 cm³/mol. The van der Waals surface area contributed by atoms with Gasteiger partial charge < -0.3 is 30.2 Å². The Bertz CT molecular complexity index is 4470. The highest BCUT2D eigenvalue weighted by Crippen LogP contribution is 2.22. The molecule has 3 aliphatic heterocycles. The van der Waals surface area contributed by atoms with Crippen LogP contribution in [0.25, 0.3) is 32.7 Å². The summed E-state index contributed by atoms with van der Waals surface area (Å²) in [4.78, 5) is 137. The third-order valence-corrected chi connectivity index (χ3v) is 13.4. The van der Waals surface area contributed by atoms with Crippen LogP contribution in [0.2, 0.25) is 0 Å². The van der Waals surface area contributed by atoms with Crippen molar-refractivity contribution in [1.29, 1.82) is 0 Å². The first-order valence-electron chi connectivity index (χ1n) is 25.8. The van der Waals surface area contributed by atoms with E-state index in [2.05, 4.69) is 97.3 Å². The lowest BCUT2D eigenvalue weighted by Gasteiger charge is -2.20. The van der Waals surface area contributed by atoms with E-state index in [1.54, 1.807) is 110 Å². The van der Waals surface area contributed by atoms with Gasteiger partial charge in [-0.05, 0) is 84.9 Å². The number of amides is 9. The number of pyridine rings is 3. The quantitative estimate of drug-likeness (QED) is 0.0876. The molecule has 3 aliphatic rings. The van der Waals surface area contributed by atoms with Crippen LogP contribution in [0.15, 0.2) is 162 Å². The highest BCUT2D eigenvalue weighted by atomic mass is 16.5. The molecule has 3 atom stereocenters. The van der Waals surface area contributed by atoms with E-state index >= 15 is 0 Å². The van der Waals surface area contributed by atoms with Crippen LogP contribution in [0, 0.1) is 35.5 Å². The number of imide groups is 3. The molecule has 0 spiro atoms. The topological polar surface area (TPSA) is 346 Å². The van der Waals surface area contributed by atoms with Crippen molar-refractivity contribution in [2.75, 3.05) is 21.3 Å². The molecule has 27 heteroatoms. The lowest BCUT2D eigenvalue weighted by atomic mass is 10.00. The second-order valence-electron chi connectivity index (χ2n) is 19.1. The molecule has 0 unspecified atom stereocenters. The zero-order valence-electron chi connectivity index (χ0n) is 45.9. The zero-order valence-corrected chi connectivity index (χ0v) is 45.9. The van der Waals surface area contributed by atoms with Gasteiger partial charge in [0.15, 0.2) is 0 Å². The van der Waals surface area contributed by atoms with E-state index in [1.165, 1.54) is 72.6 Å². The fourth-order valence-electron chi connectivity index (χ4n) is 8.94. The monoisotopic (exact) mass is 1170 g/mol. The summed E-state index contributed by atoms with van der Waals surface area (Å²) >= 11 is 0. The molecule has 3 fully saturated rings. The Labute approximate surface area is 490 Å². The van der Waals surface area contributed by atoms with E-state index in [0.29, 0.717) is 66.6 Å². The van der Waals surface area contributed by atoms with Crippen LogP contribution in [0.5, 0.6) is 17.2 Å². The van der Waals surface area contributed by atoms with Crippen molar-refractivity contribution < 1.29 is 43.0 Å². The normalized spacial score (nSPS) is 18.0. The standard InChI is InChI=1S/3C20H15N5O4/c2*1-29-14-4-5-16-15(9-14)17(26)25(12-22-16)11-20(18(27)23-19(28)24-20)7-6-13-3-2-8-21-10-13;1-29-14-4-5-15-16(9-14)22-12-25(17(15)26)11-20(18(27)23-19(28)24-20)7-6-13-3-2-8-21-10-13/h3*2-5,8-10,12H,11H2,1H3,(H2,23,24,27,28)/t3*20-/m101/s1. The summed E-state index contributed by atoms with van der Waals surface area (Å²) in [6.07, 6.45) is 13.4. The number of ether oxygens (including phenoxy) is 3. The maximum absolute atomic E-state index is 13.0. The maximum atomic E-state index is 13.0. The number of hydrogen-bond donors (Lipinski definition) is 6. The molecule has 9 amide bonds. The van der Waals surface area contributed by atoms with Gasteiger partial charge in [-0.25, -0.2) is 29.3 Å². The molecule has 0 radical (unpaired) electrons. The minimum atomic E-state index is -1.62. The second-order valence-corrected chi connectivity index (χ2v) is 19.1. The number of methoxy groups -OCH3 is 3. The number of urea groups is 3. The Hall–Kier alpha value is -12.6. The average Bonchev–Trinajstić information content (AvgIpc) is 4.01. The smallest absolute Gasteiger partial charge is 0.323 e. The SMILES string of the molecule is COc1ccc2c(=O)n(C[C@@]3(C#Cc4cccnc4)NC(=O)NC3=O)cnc2c1.COc1ccc2ncn(C[C@@]3(C#Cc4cccnc4)NC(=O)NC3=O)c(=O)c2c1.COc1ccc2ncn(C[C@]3(C#Cc4cccnc4)NC(=O)NC3=O)c(=O)c2c1. The number of hydrogen-bond acceptors (Lipinski definition) is 18. The van der Waals surface area contributed by atoms with Gasteiger partial charge in [0, 0.05) is 59.9 Å². The molecular weight excluding hydrogens is 1120 g/mol. The Morgan fingerprint density at radius 2 is 0.747 bits per heavy atom. The number of rotatable bonds is 9. The van der Waals surface area contributed by atoms with Gasteiger partial charge in [0.05, 0.1) is 92.7 Å². The van der Waals surface area contributed by atoms with Crippen LogP contribution >= 0.6 is 0 Å². The van der Waals surface area contributed by atoms with E-state index in [4.69, 9.17) is 14.2 Å². The molecule has 12 rings (SSSR count). The number of carbonyl (C=O) groups is 6. The first kappa shape index (κ1) is 57.7. The van der Waals surface area contributed by atoms with Crippen LogP contribution in [0.1, 0.15) is 16.7 Å². The molecule has 9 heterocycles. The van der Waals surface area contributed by atoms with Crippen LogP contribution in [0.4, 0.5) is 14.4 Å². The van der Waals surface area contributed by atoms with Gasteiger partial charge >= 0.3 is 18.1 Å². The lowest BCUT2D eigenvalue weighted by molar-refractivity contribution is -0.123. The summed E-state index contributed by atoms with van der Waals surface area (Å²) < 4.78 is 19.2. The number of fused-ring (bicyclic) bond motifs is 3. The molecule has 87 heavy (non-hydrogen) atoms. The molecule has 9 aromatic rings. The molecule has 3 saturated heterocycles. The third kappa shape index (κ3) is 12.5. The van der Waals surface area contributed by atoms with Crippen molar-refractivity contribution in [2.24, 2.45) is 0 Å². The van der Waals surface area contributed by atoms with Crippen LogP contribution in [0.3, 0.4) is 0 Å². The van der Waals surface area contributed by atoms with Crippen molar-refractivity contribution >= 4 is 68.5 Å². The highest BCUT2D eigenvalue weighted by molar-refractivity contribution is 6.10. The van der Waals surface area contributed by atoms with Crippen LogP contribution in [-0.4, -0.2) is 117 Å². The van der Waals surface area contributed by atoms with E-state index in [9.17, 15) is 43.2 Å². The summed E-state index contributed by atoms with van der Waals surface area (Å²) in [5, 5.41) is 15.1. The van der Waals surface area contributed by atoms with Gasteiger partial charge in [0.2, 0.25) is 16.6 Å². The Morgan fingerprint density at radius 1 is 0.414 bits per heavy atom. The Balaban J connectivity index is 0.000000144. The fourth-order valence-corrected chi connectivity index (χ4v) is 8.94. The van der Waals surface area contributed by atoms with Crippen molar-refractivity contribution in [1.82, 2.24) is 75.5 Å². The fraction of sp³-hybridized carbons (Fsp3) is 0.150. The molecule has 432 valence electrons. The molecule has 6 N–H and O–H groups in total. The van der Waals surface area contributed by atoms with E-state index in [0.717, 1.165) is 0 Å². The van der Waals surface area contributed by atoms with Crippen LogP contribution < -0.4 is 62.8 Å². The molecule has 27 nitrogen and oxygen atoms in total. The molecule has 0 bridgehead atoms. The number of benzene rings is 3. The molecule has 0 saturated carbocycles. The molecule has 3 aromatic carbocycles. The number of nitrogens with zero attached hydrogens (tertiary/aromatic N) is 9. The summed E-state index contributed by atoms with van der Waals surface area (Å²) in [6, 6.07) is 23.0. The second kappa shape index (κ2) is 24.5. The van der Waals surface area contributed by atoms with Gasteiger partial charge in [0.25, 0.3) is 34.4 Å². The Morgan fingerprint density at radius 3 is 1.07 bits per heavy atom.